The van der Waals surface area contributed by atoms with Crippen molar-refractivity contribution in [1.29, 1.82) is 5.26 Å². The van der Waals surface area contributed by atoms with Crippen molar-refractivity contribution in [1.82, 2.24) is 0 Å². The molecule has 0 aliphatic carbocycles. The van der Waals surface area contributed by atoms with Crippen LogP contribution in [0, 0.1) is 11.3 Å². The lowest BCUT2D eigenvalue weighted by molar-refractivity contribution is 0.415. The topological polar surface area (TPSA) is 33.0 Å². The van der Waals surface area contributed by atoms with Crippen LogP contribution in [0.4, 0.5) is 0 Å². The average Bonchev–Trinajstić information content (AvgIpc) is 2.71. The van der Waals surface area contributed by atoms with Gasteiger partial charge in [-0.3, -0.25) is 0 Å². The van der Waals surface area contributed by atoms with Crippen molar-refractivity contribution in [3.63, 3.8) is 0 Å². The fourth-order valence-corrected chi connectivity index (χ4v) is 2.91. The van der Waals surface area contributed by atoms with E-state index in [-0.39, 0.29) is 0 Å². The van der Waals surface area contributed by atoms with Crippen molar-refractivity contribution in [2.24, 2.45) is 0 Å². The Morgan fingerprint density at radius 3 is 2.50 bits per heavy atom. The number of methoxy groups -OCH3 is 1. The molecule has 0 spiro atoms. The van der Waals surface area contributed by atoms with E-state index >= 15 is 0 Å². The van der Waals surface area contributed by atoms with Crippen LogP contribution < -0.4 is 4.74 Å². The van der Waals surface area contributed by atoms with Gasteiger partial charge in [-0.2, -0.15) is 5.26 Å². The van der Waals surface area contributed by atoms with Crippen molar-refractivity contribution in [3.8, 4) is 22.3 Å². The molecule has 0 amide bonds. The van der Waals surface area contributed by atoms with Gasteiger partial charge < -0.3 is 4.74 Å². The summed E-state index contributed by atoms with van der Waals surface area (Å²) < 4.78 is 5.95. The summed E-state index contributed by atoms with van der Waals surface area (Å²) in [5.41, 5.74) is 1.09. The van der Waals surface area contributed by atoms with Crippen molar-refractivity contribution >= 4 is 27.3 Å². The summed E-state index contributed by atoms with van der Waals surface area (Å²) in [6.45, 7) is 0. The van der Waals surface area contributed by atoms with Gasteiger partial charge in [0, 0.05) is 9.35 Å². The quantitative estimate of drug-likeness (QED) is 0.837. The Labute approximate surface area is 106 Å². The third kappa shape index (κ3) is 2.11. The number of thiophene rings is 1. The Hall–Kier alpha value is -1.31. The maximum Gasteiger partial charge on any atom is 0.119 e. The zero-order chi connectivity index (χ0) is 11.5. The average molecular weight is 294 g/mol. The normalized spacial score (nSPS) is 9.81. The van der Waals surface area contributed by atoms with E-state index in [4.69, 9.17) is 10.00 Å². The molecule has 0 bridgehead atoms. The first-order valence-electron chi connectivity index (χ1n) is 4.58. The van der Waals surface area contributed by atoms with Crippen molar-refractivity contribution < 1.29 is 4.74 Å². The third-order valence-corrected chi connectivity index (χ3v) is 4.14. The maximum atomic E-state index is 8.87. The zero-order valence-corrected chi connectivity index (χ0v) is 10.9. The molecule has 2 nitrogen and oxygen atoms in total. The molecule has 0 aliphatic rings. The molecule has 1 heterocycles. The smallest absolute Gasteiger partial charge is 0.119 e. The molecule has 80 valence electrons. The van der Waals surface area contributed by atoms with Crippen molar-refractivity contribution in [3.05, 3.63) is 39.7 Å². The second-order valence-electron chi connectivity index (χ2n) is 3.13. The largest absolute Gasteiger partial charge is 0.497 e. The molecule has 0 atom stereocenters. The first kappa shape index (κ1) is 11.2. The number of nitrogens with zero attached hydrogens (tertiary/aromatic N) is 1. The molecule has 2 rings (SSSR count). The zero-order valence-electron chi connectivity index (χ0n) is 8.53. The van der Waals surface area contributed by atoms with Gasteiger partial charge in [0.15, 0.2) is 0 Å². The van der Waals surface area contributed by atoms with Gasteiger partial charge in [-0.15, -0.1) is 11.3 Å². The van der Waals surface area contributed by atoms with Crippen LogP contribution in [0.2, 0.25) is 0 Å². The second kappa shape index (κ2) is 4.69. The van der Waals surface area contributed by atoms with Crippen LogP contribution in [0.5, 0.6) is 5.75 Å². The monoisotopic (exact) mass is 293 g/mol. The lowest BCUT2D eigenvalue weighted by Gasteiger charge is -2.00. The number of benzene rings is 1. The van der Waals surface area contributed by atoms with Gasteiger partial charge >= 0.3 is 0 Å². The van der Waals surface area contributed by atoms with E-state index in [2.05, 4.69) is 22.0 Å². The lowest BCUT2D eigenvalue weighted by atomic mass is 10.2. The van der Waals surface area contributed by atoms with E-state index in [0.717, 1.165) is 20.7 Å². The number of hydrogen-bond donors (Lipinski definition) is 0. The predicted octanol–water partition coefficient (Wildman–Crippen LogP) is 4.06. The van der Waals surface area contributed by atoms with Crippen LogP contribution in [-0.4, -0.2) is 7.11 Å². The Kier molecular flexibility index (Phi) is 3.28. The van der Waals surface area contributed by atoms with Gasteiger partial charge in [-0.05, 0) is 51.8 Å². The van der Waals surface area contributed by atoms with E-state index in [0.29, 0.717) is 4.88 Å². The Balaban J connectivity index is 2.39. The molecule has 0 saturated heterocycles. The fourth-order valence-electron chi connectivity index (χ4n) is 1.34. The molecule has 0 radical (unpaired) electrons. The first-order valence-corrected chi connectivity index (χ1v) is 6.19. The van der Waals surface area contributed by atoms with Crippen LogP contribution in [0.15, 0.2) is 34.8 Å². The number of rotatable bonds is 2. The summed E-state index contributed by atoms with van der Waals surface area (Å²) in [5.74, 6) is 0.833. The molecule has 0 saturated carbocycles. The molecule has 0 N–H and O–H groups in total. The highest BCUT2D eigenvalue weighted by molar-refractivity contribution is 9.10. The highest BCUT2D eigenvalue weighted by Crippen LogP contribution is 2.34. The van der Waals surface area contributed by atoms with Crippen LogP contribution in [0.1, 0.15) is 4.88 Å². The number of ether oxygens (including phenoxy) is 1. The van der Waals surface area contributed by atoms with Crippen molar-refractivity contribution in [2.75, 3.05) is 7.11 Å². The second-order valence-corrected chi connectivity index (χ2v) is 5.03. The molecular weight excluding hydrogens is 286 g/mol. The van der Waals surface area contributed by atoms with Gasteiger partial charge in [0.1, 0.15) is 16.7 Å². The molecule has 2 aromatic rings. The lowest BCUT2D eigenvalue weighted by Crippen LogP contribution is -1.81. The maximum absolute atomic E-state index is 8.87. The van der Waals surface area contributed by atoms with Gasteiger partial charge in [-0.1, -0.05) is 0 Å². The summed E-state index contributed by atoms with van der Waals surface area (Å²) in [6, 6.07) is 11.9. The molecule has 0 fully saturated rings. The van der Waals surface area contributed by atoms with E-state index < -0.39 is 0 Å². The molecule has 0 unspecified atom stereocenters. The van der Waals surface area contributed by atoms with Crippen LogP contribution in [-0.2, 0) is 0 Å². The van der Waals surface area contributed by atoms with Gasteiger partial charge in [0.25, 0.3) is 0 Å². The summed E-state index contributed by atoms with van der Waals surface area (Å²) >= 11 is 4.84. The minimum Gasteiger partial charge on any atom is -0.497 e. The molecule has 1 aromatic carbocycles. The first-order chi connectivity index (χ1) is 7.74. The van der Waals surface area contributed by atoms with Gasteiger partial charge in [0.2, 0.25) is 0 Å². The van der Waals surface area contributed by atoms with Gasteiger partial charge in [0.05, 0.1) is 7.11 Å². The molecule has 0 aliphatic heterocycles. The summed E-state index contributed by atoms with van der Waals surface area (Å²) in [7, 11) is 1.64. The number of halogens is 1. The summed E-state index contributed by atoms with van der Waals surface area (Å²) in [5, 5.41) is 8.87. The fraction of sp³-hybridized carbons (Fsp3) is 0.0833. The Bertz CT molecular complexity index is 539. The molecule has 16 heavy (non-hydrogen) atoms. The van der Waals surface area contributed by atoms with Crippen LogP contribution in [0.25, 0.3) is 10.4 Å². The molecular formula is C12H8BrNOS. The molecule has 1 aromatic heterocycles. The highest BCUT2D eigenvalue weighted by atomic mass is 79.9. The van der Waals surface area contributed by atoms with E-state index in [1.807, 2.05) is 30.3 Å². The van der Waals surface area contributed by atoms with E-state index in [1.54, 1.807) is 7.11 Å². The molecule has 4 heteroatoms. The van der Waals surface area contributed by atoms with Crippen LogP contribution >= 0.6 is 27.3 Å². The van der Waals surface area contributed by atoms with E-state index in [9.17, 15) is 0 Å². The Morgan fingerprint density at radius 2 is 2.00 bits per heavy atom. The minimum absolute atomic E-state index is 0.700. The Morgan fingerprint density at radius 1 is 1.31 bits per heavy atom. The standard InChI is InChI=1S/C12H8BrNOS/c1-15-9-4-2-8(3-5-9)11-6-10(13)12(7-14)16-11/h2-6H,1H3. The van der Waals surface area contributed by atoms with Gasteiger partial charge in [-0.25, -0.2) is 0 Å². The number of hydrogen-bond acceptors (Lipinski definition) is 3. The predicted molar refractivity (Wildman–Crippen MR) is 68.7 cm³/mol. The highest BCUT2D eigenvalue weighted by Gasteiger charge is 2.07. The van der Waals surface area contributed by atoms with Crippen molar-refractivity contribution in [2.45, 2.75) is 0 Å². The third-order valence-electron chi connectivity index (χ3n) is 2.16. The SMILES string of the molecule is COc1ccc(-c2cc(Br)c(C#N)s2)cc1. The van der Waals surface area contributed by atoms with E-state index in [1.165, 1.54) is 11.3 Å². The summed E-state index contributed by atoms with van der Waals surface area (Å²) in [4.78, 5) is 1.77. The summed E-state index contributed by atoms with van der Waals surface area (Å²) in [6.07, 6.45) is 0. The number of nitriles is 1. The minimum atomic E-state index is 0.700. The van der Waals surface area contributed by atoms with Crippen LogP contribution in [0.3, 0.4) is 0 Å².